The summed E-state index contributed by atoms with van der Waals surface area (Å²) in [5.41, 5.74) is 5.92. The summed E-state index contributed by atoms with van der Waals surface area (Å²) < 4.78 is 5.41. The molecule has 0 saturated heterocycles. The Morgan fingerprint density at radius 3 is 2.78 bits per heavy atom. The zero-order chi connectivity index (χ0) is 13.1. The number of benzene rings is 1. The Hall–Kier alpha value is -2.21. The van der Waals surface area contributed by atoms with Crippen molar-refractivity contribution in [3.8, 4) is 5.75 Å². The number of amidine groups is 1. The number of rotatable bonds is 3. The number of amides is 2. The molecule has 0 aromatic heterocycles. The van der Waals surface area contributed by atoms with E-state index in [1.807, 2.05) is 6.92 Å². The summed E-state index contributed by atoms with van der Waals surface area (Å²) in [6.45, 7) is 2.32. The van der Waals surface area contributed by atoms with Crippen LogP contribution in [0.1, 0.15) is 12.5 Å². The number of nitrogens with one attached hydrogen (secondary N) is 1. The number of hydrogen-bond donors (Lipinski definition) is 2. The molecule has 3 N–H and O–H groups in total. The lowest BCUT2D eigenvalue weighted by atomic mass is 10.1. The first-order valence-corrected chi connectivity index (χ1v) is 5.54. The molecule has 0 fully saturated rings. The maximum Gasteiger partial charge on any atom is 0.274 e. The van der Waals surface area contributed by atoms with Crippen molar-refractivity contribution in [2.75, 3.05) is 6.61 Å². The summed E-state index contributed by atoms with van der Waals surface area (Å²) in [5, 5.41) is 2.50. The van der Waals surface area contributed by atoms with E-state index < -0.39 is 17.9 Å². The molecule has 18 heavy (non-hydrogen) atoms. The SMILES string of the molecule is CCOc1ccccc1C1=NC(=O)C(N)C(=O)N1. The van der Waals surface area contributed by atoms with E-state index in [1.54, 1.807) is 24.3 Å². The van der Waals surface area contributed by atoms with E-state index in [0.717, 1.165) is 0 Å². The van der Waals surface area contributed by atoms with Gasteiger partial charge in [0.05, 0.1) is 12.2 Å². The van der Waals surface area contributed by atoms with E-state index in [9.17, 15) is 9.59 Å². The third-order valence-electron chi connectivity index (χ3n) is 2.45. The summed E-state index contributed by atoms with van der Waals surface area (Å²) in [6, 6.07) is 5.80. The summed E-state index contributed by atoms with van der Waals surface area (Å²) in [6.07, 6.45) is 0. The predicted octanol–water partition coefficient (Wildman–Crippen LogP) is -0.184. The van der Waals surface area contributed by atoms with E-state index in [2.05, 4.69) is 10.3 Å². The number of carbonyl (C=O) groups excluding carboxylic acids is 2. The summed E-state index contributed by atoms with van der Waals surface area (Å²) in [4.78, 5) is 26.7. The van der Waals surface area contributed by atoms with Crippen LogP contribution in [0.5, 0.6) is 5.75 Å². The van der Waals surface area contributed by atoms with E-state index in [-0.39, 0.29) is 5.84 Å². The lowest BCUT2D eigenvalue weighted by Gasteiger charge is -2.18. The van der Waals surface area contributed by atoms with Crippen LogP contribution in [0.3, 0.4) is 0 Å². The van der Waals surface area contributed by atoms with Gasteiger partial charge in [-0.15, -0.1) is 0 Å². The van der Waals surface area contributed by atoms with Crippen molar-refractivity contribution < 1.29 is 14.3 Å². The van der Waals surface area contributed by atoms with Crippen molar-refractivity contribution in [2.24, 2.45) is 10.7 Å². The zero-order valence-electron chi connectivity index (χ0n) is 9.84. The van der Waals surface area contributed by atoms with Gasteiger partial charge >= 0.3 is 0 Å². The number of nitrogens with zero attached hydrogens (tertiary/aromatic N) is 1. The fourth-order valence-electron chi connectivity index (χ4n) is 1.59. The van der Waals surface area contributed by atoms with Crippen molar-refractivity contribution in [2.45, 2.75) is 13.0 Å². The molecule has 1 heterocycles. The minimum absolute atomic E-state index is 0.177. The highest BCUT2D eigenvalue weighted by molar-refractivity contribution is 6.23. The summed E-state index contributed by atoms with van der Waals surface area (Å²) >= 11 is 0. The molecule has 2 rings (SSSR count). The largest absolute Gasteiger partial charge is 0.493 e. The summed E-state index contributed by atoms with van der Waals surface area (Å²) in [5.74, 6) is -0.477. The molecular weight excluding hydrogens is 234 g/mol. The fraction of sp³-hybridized carbons (Fsp3) is 0.250. The molecule has 94 valence electrons. The quantitative estimate of drug-likeness (QED) is 0.724. The number of para-hydroxylation sites is 1. The van der Waals surface area contributed by atoms with Gasteiger partial charge in [-0.3, -0.25) is 9.59 Å². The molecule has 1 unspecified atom stereocenters. The average Bonchev–Trinajstić information content (AvgIpc) is 2.36. The molecular formula is C12H13N3O3. The molecule has 6 nitrogen and oxygen atoms in total. The van der Waals surface area contributed by atoms with Gasteiger partial charge in [-0.2, -0.15) is 4.99 Å². The third kappa shape index (κ3) is 2.23. The first-order chi connectivity index (χ1) is 8.63. The van der Waals surface area contributed by atoms with Crippen LogP contribution < -0.4 is 15.8 Å². The van der Waals surface area contributed by atoms with E-state index in [0.29, 0.717) is 17.9 Å². The first kappa shape index (κ1) is 12.3. The molecule has 1 aromatic rings. The van der Waals surface area contributed by atoms with Crippen molar-refractivity contribution >= 4 is 17.6 Å². The van der Waals surface area contributed by atoms with Gasteiger partial charge < -0.3 is 15.8 Å². The van der Waals surface area contributed by atoms with Gasteiger partial charge in [-0.1, -0.05) is 12.1 Å². The Bertz CT molecular complexity index is 525. The van der Waals surface area contributed by atoms with Crippen LogP contribution in [0.15, 0.2) is 29.3 Å². The maximum absolute atomic E-state index is 11.5. The smallest absolute Gasteiger partial charge is 0.274 e. The molecule has 0 radical (unpaired) electrons. The zero-order valence-corrected chi connectivity index (χ0v) is 9.84. The highest BCUT2D eigenvalue weighted by Crippen LogP contribution is 2.19. The normalized spacial score (nSPS) is 19.2. The third-order valence-corrected chi connectivity index (χ3v) is 2.45. The predicted molar refractivity (Wildman–Crippen MR) is 65.3 cm³/mol. The molecule has 1 aliphatic heterocycles. The molecule has 6 heteroatoms. The van der Waals surface area contributed by atoms with Gasteiger partial charge in [0.1, 0.15) is 11.6 Å². The monoisotopic (exact) mass is 247 g/mol. The topological polar surface area (TPSA) is 93.8 Å². The molecule has 0 bridgehead atoms. The van der Waals surface area contributed by atoms with Crippen molar-refractivity contribution in [1.82, 2.24) is 5.32 Å². The number of ether oxygens (including phenoxy) is 1. The van der Waals surface area contributed by atoms with Crippen LogP contribution in [-0.4, -0.2) is 30.3 Å². The Morgan fingerprint density at radius 1 is 1.39 bits per heavy atom. The van der Waals surface area contributed by atoms with Crippen LogP contribution in [-0.2, 0) is 9.59 Å². The van der Waals surface area contributed by atoms with Crippen molar-refractivity contribution in [3.63, 3.8) is 0 Å². The van der Waals surface area contributed by atoms with Gasteiger partial charge in [-0.25, -0.2) is 0 Å². The molecule has 1 atom stereocenters. The highest BCUT2D eigenvalue weighted by atomic mass is 16.5. The van der Waals surface area contributed by atoms with Crippen molar-refractivity contribution in [1.29, 1.82) is 0 Å². The second kappa shape index (κ2) is 4.97. The number of aliphatic imine (C=N–C) groups is 1. The van der Waals surface area contributed by atoms with Crippen LogP contribution in [0, 0.1) is 0 Å². The van der Waals surface area contributed by atoms with E-state index >= 15 is 0 Å². The van der Waals surface area contributed by atoms with Crippen LogP contribution in [0.4, 0.5) is 0 Å². The summed E-state index contributed by atoms with van der Waals surface area (Å²) in [7, 11) is 0. The van der Waals surface area contributed by atoms with E-state index in [1.165, 1.54) is 0 Å². The Kier molecular flexibility index (Phi) is 3.38. The molecule has 0 saturated carbocycles. The second-order valence-electron chi connectivity index (χ2n) is 3.69. The average molecular weight is 247 g/mol. The fourth-order valence-corrected chi connectivity index (χ4v) is 1.59. The van der Waals surface area contributed by atoms with Gasteiger partial charge in [0, 0.05) is 0 Å². The highest BCUT2D eigenvalue weighted by Gasteiger charge is 2.29. The minimum Gasteiger partial charge on any atom is -0.493 e. The Balaban J connectivity index is 2.40. The van der Waals surface area contributed by atoms with Crippen molar-refractivity contribution in [3.05, 3.63) is 29.8 Å². The molecule has 2 amide bonds. The van der Waals surface area contributed by atoms with Gasteiger partial charge in [0.2, 0.25) is 0 Å². The molecule has 0 aliphatic carbocycles. The van der Waals surface area contributed by atoms with Gasteiger partial charge in [0.25, 0.3) is 11.8 Å². The van der Waals surface area contributed by atoms with Crippen LogP contribution >= 0.6 is 0 Å². The van der Waals surface area contributed by atoms with Crippen LogP contribution in [0.25, 0.3) is 0 Å². The Labute approximate surface area is 104 Å². The van der Waals surface area contributed by atoms with Gasteiger partial charge in [0.15, 0.2) is 6.04 Å². The maximum atomic E-state index is 11.5. The Morgan fingerprint density at radius 2 is 2.11 bits per heavy atom. The number of hydrogen-bond acceptors (Lipinski definition) is 4. The number of nitrogens with two attached hydrogens (primary N) is 1. The lowest BCUT2D eigenvalue weighted by molar-refractivity contribution is -0.129. The molecule has 1 aromatic carbocycles. The lowest BCUT2D eigenvalue weighted by Crippen LogP contribution is -2.52. The van der Waals surface area contributed by atoms with Gasteiger partial charge in [-0.05, 0) is 19.1 Å². The number of carbonyl (C=O) groups is 2. The molecule has 1 aliphatic rings. The standard InChI is InChI=1S/C12H13N3O3/c1-2-18-8-6-4-3-5-7(8)10-14-11(16)9(13)12(17)15-10/h3-6,9H,2,13H2,1H3,(H,14,15,16,17). The first-order valence-electron chi connectivity index (χ1n) is 5.54. The minimum atomic E-state index is -1.23. The van der Waals surface area contributed by atoms with E-state index in [4.69, 9.17) is 10.5 Å². The molecule has 0 spiro atoms. The van der Waals surface area contributed by atoms with Crippen LogP contribution in [0.2, 0.25) is 0 Å². The second-order valence-corrected chi connectivity index (χ2v) is 3.69.